The Morgan fingerprint density at radius 1 is 0.886 bits per heavy atom. The number of rotatable bonds is 9. The molecule has 2 N–H and O–H groups in total. The van der Waals surface area contributed by atoms with E-state index in [4.69, 9.17) is 4.74 Å². The van der Waals surface area contributed by atoms with Crippen molar-refractivity contribution < 1.29 is 23.9 Å². The zero-order valence-electron chi connectivity index (χ0n) is 24.5. The molecule has 0 radical (unpaired) electrons. The lowest BCUT2D eigenvalue weighted by Crippen LogP contribution is -2.31. The Bertz CT molecular complexity index is 1750. The number of nitrogens with one attached hydrogen (secondary N) is 2. The molecular weight excluding hydrogens is 574 g/mol. The molecule has 8 nitrogen and oxygen atoms in total. The van der Waals surface area contributed by atoms with Crippen LogP contribution in [0.5, 0.6) is 5.75 Å². The minimum atomic E-state index is -0.592. The molecule has 1 atom stereocenters. The largest absolute Gasteiger partial charge is 0.497 e. The number of methoxy groups -OCH3 is 1. The van der Waals surface area contributed by atoms with Gasteiger partial charge in [0.05, 0.1) is 18.0 Å². The summed E-state index contributed by atoms with van der Waals surface area (Å²) in [7, 11) is 1.57. The number of anilines is 2. The normalized spacial score (nSPS) is 14.8. The standard InChI is InChI=1S/C35H31N3O5S/c1-22-12-15-27(18-23(22)2)38-32(39)21-31(35(38)42)44-29-11-7-10-26(20-29)36-34(41)30(19-24-13-16-28(43-3)17-14-24)37-33(40)25-8-5-4-6-9-25/h4-20,31H,21H2,1-3H3,(H,36,41)(H,37,40)/b30-19+/t31-/m1/s1. The molecule has 4 aromatic rings. The molecule has 222 valence electrons. The molecule has 4 amide bonds. The Morgan fingerprint density at radius 3 is 2.34 bits per heavy atom. The van der Waals surface area contributed by atoms with E-state index in [1.807, 2.05) is 32.0 Å². The Labute approximate surface area is 260 Å². The van der Waals surface area contributed by atoms with Gasteiger partial charge >= 0.3 is 0 Å². The molecular formula is C35H31N3O5S. The van der Waals surface area contributed by atoms with Gasteiger partial charge in [-0.05, 0) is 91.2 Å². The van der Waals surface area contributed by atoms with Crippen molar-refractivity contribution in [3.05, 3.63) is 125 Å². The van der Waals surface area contributed by atoms with Crippen molar-refractivity contribution in [2.24, 2.45) is 0 Å². The third kappa shape index (κ3) is 7.07. The number of hydrogen-bond acceptors (Lipinski definition) is 6. The predicted molar refractivity (Wildman–Crippen MR) is 173 cm³/mol. The summed E-state index contributed by atoms with van der Waals surface area (Å²) in [6.45, 7) is 3.92. The van der Waals surface area contributed by atoms with E-state index in [1.165, 1.54) is 16.7 Å². The zero-order chi connectivity index (χ0) is 31.2. The maximum atomic E-state index is 13.5. The number of thioether (sulfide) groups is 1. The van der Waals surface area contributed by atoms with Gasteiger partial charge in [0.2, 0.25) is 11.8 Å². The summed E-state index contributed by atoms with van der Waals surface area (Å²) in [6, 6.07) is 28.3. The predicted octanol–water partition coefficient (Wildman–Crippen LogP) is 6.15. The van der Waals surface area contributed by atoms with Crippen molar-refractivity contribution in [3.8, 4) is 5.75 Å². The van der Waals surface area contributed by atoms with Gasteiger partial charge in [0.15, 0.2) is 0 Å². The average molecular weight is 606 g/mol. The first-order valence-electron chi connectivity index (χ1n) is 14.0. The van der Waals surface area contributed by atoms with Crippen LogP contribution in [-0.2, 0) is 14.4 Å². The summed E-state index contributed by atoms with van der Waals surface area (Å²) in [5, 5.41) is 4.99. The summed E-state index contributed by atoms with van der Waals surface area (Å²) in [5.74, 6) is -0.813. The number of aryl methyl sites for hydroxylation is 2. The molecule has 1 aliphatic rings. The van der Waals surface area contributed by atoms with Crippen molar-refractivity contribution in [2.45, 2.75) is 30.4 Å². The van der Waals surface area contributed by atoms with Gasteiger partial charge in [-0.3, -0.25) is 19.2 Å². The number of benzene rings is 4. The number of carbonyl (C=O) groups excluding carboxylic acids is 4. The van der Waals surface area contributed by atoms with E-state index in [0.717, 1.165) is 11.1 Å². The summed E-state index contributed by atoms with van der Waals surface area (Å²) in [4.78, 5) is 54.5. The Kier molecular flexibility index (Phi) is 9.26. The van der Waals surface area contributed by atoms with Gasteiger partial charge in [0, 0.05) is 22.6 Å². The van der Waals surface area contributed by atoms with Gasteiger partial charge < -0.3 is 15.4 Å². The van der Waals surface area contributed by atoms with Crippen molar-refractivity contribution in [2.75, 3.05) is 17.3 Å². The van der Waals surface area contributed by atoms with Crippen LogP contribution in [0.25, 0.3) is 6.08 Å². The number of imide groups is 1. The molecule has 5 rings (SSSR count). The van der Waals surface area contributed by atoms with E-state index >= 15 is 0 Å². The van der Waals surface area contributed by atoms with Gasteiger partial charge in [0.25, 0.3) is 11.8 Å². The minimum Gasteiger partial charge on any atom is -0.497 e. The molecule has 1 fully saturated rings. The maximum absolute atomic E-state index is 13.5. The fraction of sp³-hybridized carbons (Fsp3) is 0.143. The van der Waals surface area contributed by atoms with Crippen LogP contribution in [0.2, 0.25) is 0 Å². The third-order valence-electron chi connectivity index (χ3n) is 7.18. The van der Waals surface area contributed by atoms with Crippen LogP contribution in [0, 0.1) is 13.8 Å². The topological polar surface area (TPSA) is 105 Å². The fourth-order valence-electron chi connectivity index (χ4n) is 4.65. The maximum Gasteiger partial charge on any atom is 0.272 e. The van der Waals surface area contributed by atoms with Crippen LogP contribution >= 0.6 is 11.8 Å². The van der Waals surface area contributed by atoms with Gasteiger partial charge in [0.1, 0.15) is 11.4 Å². The lowest BCUT2D eigenvalue weighted by molar-refractivity contribution is -0.121. The van der Waals surface area contributed by atoms with Gasteiger partial charge in [-0.25, -0.2) is 4.90 Å². The molecule has 0 aliphatic carbocycles. The number of carbonyl (C=O) groups is 4. The first-order chi connectivity index (χ1) is 21.2. The number of ether oxygens (including phenoxy) is 1. The Balaban J connectivity index is 1.33. The Hall–Kier alpha value is -5.15. The van der Waals surface area contributed by atoms with E-state index in [9.17, 15) is 19.2 Å². The fourth-order valence-corrected chi connectivity index (χ4v) is 5.76. The second-order valence-corrected chi connectivity index (χ2v) is 11.6. The second kappa shape index (κ2) is 13.4. The van der Waals surface area contributed by atoms with Crippen molar-refractivity contribution in [3.63, 3.8) is 0 Å². The molecule has 1 saturated heterocycles. The quantitative estimate of drug-likeness (QED) is 0.175. The first kappa shape index (κ1) is 30.3. The molecule has 0 unspecified atom stereocenters. The summed E-state index contributed by atoms with van der Waals surface area (Å²) >= 11 is 1.27. The molecule has 1 aliphatic heterocycles. The molecule has 0 aromatic heterocycles. The van der Waals surface area contributed by atoms with Crippen LogP contribution in [0.1, 0.15) is 33.5 Å². The SMILES string of the molecule is COc1ccc(/C=C(/NC(=O)c2ccccc2)C(=O)Nc2cccc(S[C@@H]3CC(=O)N(c4ccc(C)c(C)c4)C3=O)c2)cc1. The van der Waals surface area contributed by atoms with E-state index in [2.05, 4.69) is 10.6 Å². The van der Waals surface area contributed by atoms with Crippen molar-refractivity contribution in [1.82, 2.24) is 5.32 Å². The van der Waals surface area contributed by atoms with E-state index in [0.29, 0.717) is 33.1 Å². The van der Waals surface area contributed by atoms with Gasteiger partial charge in [-0.1, -0.05) is 42.5 Å². The lowest BCUT2D eigenvalue weighted by Gasteiger charge is -2.16. The van der Waals surface area contributed by atoms with Crippen LogP contribution in [0.4, 0.5) is 11.4 Å². The molecule has 0 bridgehead atoms. The highest BCUT2D eigenvalue weighted by Gasteiger charge is 2.40. The highest BCUT2D eigenvalue weighted by atomic mass is 32.2. The summed E-state index contributed by atoms with van der Waals surface area (Å²) in [5.41, 5.74) is 4.26. The summed E-state index contributed by atoms with van der Waals surface area (Å²) < 4.78 is 5.22. The first-order valence-corrected chi connectivity index (χ1v) is 14.8. The van der Waals surface area contributed by atoms with Crippen LogP contribution in [0.15, 0.2) is 108 Å². The average Bonchev–Trinajstić information content (AvgIpc) is 3.30. The lowest BCUT2D eigenvalue weighted by atomic mass is 10.1. The van der Waals surface area contributed by atoms with Crippen molar-refractivity contribution >= 4 is 52.8 Å². The minimum absolute atomic E-state index is 0.0441. The smallest absolute Gasteiger partial charge is 0.272 e. The van der Waals surface area contributed by atoms with E-state index in [-0.39, 0.29) is 23.9 Å². The van der Waals surface area contributed by atoms with Crippen LogP contribution in [0.3, 0.4) is 0 Å². The van der Waals surface area contributed by atoms with Crippen LogP contribution in [-0.4, -0.2) is 36.0 Å². The van der Waals surface area contributed by atoms with Crippen molar-refractivity contribution in [1.29, 1.82) is 0 Å². The highest BCUT2D eigenvalue weighted by Crippen LogP contribution is 2.35. The van der Waals surface area contributed by atoms with E-state index in [1.54, 1.807) is 92.0 Å². The molecule has 44 heavy (non-hydrogen) atoms. The Morgan fingerprint density at radius 2 is 1.64 bits per heavy atom. The molecule has 0 saturated carbocycles. The number of hydrogen-bond donors (Lipinski definition) is 2. The van der Waals surface area contributed by atoms with Crippen LogP contribution < -0.4 is 20.3 Å². The third-order valence-corrected chi connectivity index (χ3v) is 8.36. The molecule has 1 heterocycles. The van der Waals surface area contributed by atoms with Gasteiger partial charge in [-0.2, -0.15) is 0 Å². The van der Waals surface area contributed by atoms with Gasteiger partial charge in [-0.15, -0.1) is 11.8 Å². The zero-order valence-corrected chi connectivity index (χ0v) is 25.3. The highest BCUT2D eigenvalue weighted by molar-refractivity contribution is 8.00. The summed E-state index contributed by atoms with van der Waals surface area (Å²) in [6.07, 6.45) is 1.66. The molecule has 9 heteroatoms. The molecule has 4 aromatic carbocycles. The monoisotopic (exact) mass is 605 g/mol. The molecule has 0 spiro atoms. The number of nitrogens with zero attached hydrogens (tertiary/aromatic N) is 1. The number of amides is 4. The second-order valence-electron chi connectivity index (χ2n) is 10.3. The van der Waals surface area contributed by atoms with E-state index < -0.39 is 17.1 Å².